The zero-order chi connectivity index (χ0) is 17.6. The third kappa shape index (κ3) is 8.39. The van der Waals surface area contributed by atoms with Gasteiger partial charge >= 0.3 is 11.9 Å². The molecule has 0 aromatic rings. The Labute approximate surface area is 140 Å². The first-order valence-corrected chi connectivity index (χ1v) is 8.48. The van der Waals surface area contributed by atoms with Crippen LogP contribution in [0.2, 0.25) is 0 Å². The maximum atomic E-state index is 6.05. The Hall–Kier alpha value is -0.280. The lowest BCUT2D eigenvalue weighted by atomic mass is 10.5. The van der Waals surface area contributed by atoms with Gasteiger partial charge in [0.1, 0.15) is 13.2 Å². The Balaban J connectivity index is 5.39. The molecule has 0 heterocycles. The summed E-state index contributed by atoms with van der Waals surface area (Å²) in [5.74, 6) is -2.83. The zero-order valence-electron chi connectivity index (χ0n) is 15.5. The van der Waals surface area contributed by atoms with Crippen LogP contribution in [0.3, 0.4) is 0 Å². The third-order valence-corrected chi connectivity index (χ3v) is 2.73. The third-order valence-electron chi connectivity index (χ3n) is 2.73. The maximum absolute atomic E-state index is 6.05. The van der Waals surface area contributed by atoms with E-state index < -0.39 is 11.9 Å². The second kappa shape index (κ2) is 13.1. The van der Waals surface area contributed by atoms with E-state index in [-0.39, 0.29) is 13.2 Å². The van der Waals surface area contributed by atoms with E-state index in [2.05, 4.69) is 0 Å². The molecular formula is C16H34O7. The molecule has 7 nitrogen and oxygen atoms in total. The predicted molar refractivity (Wildman–Crippen MR) is 86.0 cm³/mol. The van der Waals surface area contributed by atoms with Gasteiger partial charge in [0.25, 0.3) is 0 Å². The predicted octanol–water partition coefficient (Wildman–Crippen LogP) is 2.53. The van der Waals surface area contributed by atoms with E-state index in [0.717, 1.165) is 0 Å². The quantitative estimate of drug-likeness (QED) is 0.401. The van der Waals surface area contributed by atoms with Gasteiger partial charge in [-0.15, -0.1) is 0 Å². The molecule has 23 heavy (non-hydrogen) atoms. The van der Waals surface area contributed by atoms with E-state index in [4.69, 9.17) is 33.2 Å². The van der Waals surface area contributed by atoms with Gasteiger partial charge in [-0.05, 0) is 41.5 Å². The van der Waals surface area contributed by atoms with E-state index in [9.17, 15) is 0 Å². The Morgan fingerprint density at radius 2 is 0.783 bits per heavy atom. The van der Waals surface area contributed by atoms with Crippen molar-refractivity contribution >= 4 is 0 Å². The lowest BCUT2D eigenvalue weighted by molar-refractivity contribution is -0.512. The highest BCUT2D eigenvalue weighted by molar-refractivity contribution is 4.65. The summed E-state index contributed by atoms with van der Waals surface area (Å²) in [6, 6.07) is 0. The molecule has 0 rings (SSSR count). The first-order chi connectivity index (χ1) is 11.1. The molecule has 0 atom stereocenters. The Morgan fingerprint density at radius 1 is 0.478 bits per heavy atom. The first kappa shape index (κ1) is 22.7. The van der Waals surface area contributed by atoms with Crippen LogP contribution in [0.15, 0.2) is 0 Å². The minimum Gasteiger partial charge on any atom is -0.373 e. The van der Waals surface area contributed by atoms with Crippen LogP contribution < -0.4 is 0 Å². The lowest BCUT2D eigenvalue weighted by Crippen LogP contribution is -2.56. The van der Waals surface area contributed by atoms with Crippen molar-refractivity contribution in [2.75, 3.05) is 52.9 Å². The summed E-state index contributed by atoms with van der Waals surface area (Å²) in [5.41, 5.74) is 0. The van der Waals surface area contributed by atoms with Crippen molar-refractivity contribution in [3.8, 4) is 0 Å². The summed E-state index contributed by atoms with van der Waals surface area (Å²) in [5, 5.41) is 0. The summed E-state index contributed by atoms with van der Waals surface area (Å²) in [4.78, 5) is 0. The molecule has 0 aliphatic carbocycles. The van der Waals surface area contributed by atoms with Crippen LogP contribution in [0.5, 0.6) is 0 Å². The van der Waals surface area contributed by atoms with Gasteiger partial charge in [0.05, 0.1) is 0 Å². The molecular weight excluding hydrogens is 304 g/mol. The number of rotatable bonds is 16. The van der Waals surface area contributed by atoms with Crippen molar-refractivity contribution in [2.45, 2.75) is 53.5 Å². The fourth-order valence-corrected chi connectivity index (χ4v) is 2.00. The van der Waals surface area contributed by atoms with Crippen LogP contribution in [0, 0.1) is 0 Å². The highest BCUT2D eigenvalue weighted by Gasteiger charge is 2.46. The molecule has 7 heteroatoms. The van der Waals surface area contributed by atoms with Gasteiger partial charge in [0.15, 0.2) is 0 Å². The van der Waals surface area contributed by atoms with Crippen molar-refractivity contribution in [1.29, 1.82) is 0 Å². The molecule has 0 saturated heterocycles. The van der Waals surface area contributed by atoms with E-state index in [0.29, 0.717) is 39.6 Å². The Kier molecular flexibility index (Phi) is 12.9. The van der Waals surface area contributed by atoms with Gasteiger partial charge in [0.2, 0.25) is 0 Å². The molecule has 140 valence electrons. The van der Waals surface area contributed by atoms with Crippen LogP contribution in [0.4, 0.5) is 0 Å². The molecule has 0 aromatic carbocycles. The van der Waals surface area contributed by atoms with Gasteiger partial charge in [-0.25, -0.2) is 0 Å². The van der Waals surface area contributed by atoms with Crippen LogP contribution in [0.1, 0.15) is 41.5 Å². The van der Waals surface area contributed by atoms with E-state index in [1.54, 1.807) is 0 Å². The molecule has 0 saturated carbocycles. The molecule has 0 aliphatic heterocycles. The summed E-state index contributed by atoms with van der Waals surface area (Å²) in [6.07, 6.45) is 0. The van der Waals surface area contributed by atoms with Crippen molar-refractivity contribution in [2.24, 2.45) is 0 Å². The minimum atomic E-state index is -1.42. The van der Waals surface area contributed by atoms with Gasteiger partial charge in [-0.2, -0.15) is 0 Å². The lowest BCUT2D eigenvalue weighted by Gasteiger charge is -2.41. The Morgan fingerprint density at radius 3 is 1.00 bits per heavy atom. The van der Waals surface area contributed by atoms with Crippen LogP contribution >= 0.6 is 0 Å². The maximum Gasteiger partial charge on any atom is 0.312 e. The molecule has 0 amide bonds. The van der Waals surface area contributed by atoms with E-state index >= 15 is 0 Å². The molecule has 0 bridgehead atoms. The highest BCUT2D eigenvalue weighted by Crippen LogP contribution is 2.28. The van der Waals surface area contributed by atoms with Crippen molar-refractivity contribution < 1.29 is 33.2 Å². The molecule has 0 spiro atoms. The van der Waals surface area contributed by atoms with Crippen molar-refractivity contribution in [1.82, 2.24) is 0 Å². The minimum absolute atomic E-state index is 0.0964. The molecule has 0 unspecified atom stereocenters. The van der Waals surface area contributed by atoms with Gasteiger partial charge in [-0.1, -0.05) is 0 Å². The average Bonchev–Trinajstić information content (AvgIpc) is 2.52. The zero-order valence-corrected chi connectivity index (χ0v) is 15.5. The molecule has 0 fully saturated rings. The first-order valence-electron chi connectivity index (χ1n) is 8.48. The van der Waals surface area contributed by atoms with Crippen molar-refractivity contribution in [3.05, 3.63) is 0 Å². The van der Waals surface area contributed by atoms with Crippen LogP contribution in [-0.2, 0) is 33.2 Å². The van der Waals surface area contributed by atoms with Gasteiger partial charge in [-0.3, -0.25) is 4.74 Å². The second-order valence-electron chi connectivity index (χ2n) is 4.47. The number of ether oxygens (including phenoxy) is 7. The van der Waals surface area contributed by atoms with Crippen LogP contribution in [0.25, 0.3) is 0 Å². The normalized spacial score (nSPS) is 12.8. The van der Waals surface area contributed by atoms with Crippen molar-refractivity contribution in [3.63, 3.8) is 0 Å². The van der Waals surface area contributed by atoms with Gasteiger partial charge in [0, 0.05) is 39.6 Å². The largest absolute Gasteiger partial charge is 0.373 e. The Bertz CT molecular complexity index is 235. The smallest absolute Gasteiger partial charge is 0.312 e. The SMILES string of the molecule is CCOCC(OCC)(OCC)OC(COCC)(OCC)OCC. The van der Waals surface area contributed by atoms with E-state index in [1.165, 1.54) is 0 Å². The highest BCUT2D eigenvalue weighted by atomic mass is 17.0. The summed E-state index contributed by atoms with van der Waals surface area (Å²) in [7, 11) is 0. The number of hydrogen-bond acceptors (Lipinski definition) is 7. The fraction of sp³-hybridized carbons (Fsp3) is 1.00. The fourth-order valence-electron chi connectivity index (χ4n) is 2.00. The molecule has 0 aromatic heterocycles. The van der Waals surface area contributed by atoms with E-state index in [1.807, 2.05) is 41.5 Å². The number of hydrogen-bond donors (Lipinski definition) is 0. The molecule has 0 aliphatic rings. The monoisotopic (exact) mass is 338 g/mol. The summed E-state index contributed by atoms with van der Waals surface area (Å²) < 4.78 is 39.9. The average molecular weight is 338 g/mol. The second-order valence-corrected chi connectivity index (χ2v) is 4.47. The molecule has 0 radical (unpaired) electrons. The standard InChI is InChI=1S/C16H34O7/c1-7-17-13-15(19-9-3,20-10-4)23-16(21-11-5,22-12-6)14-18-8-2/h7-14H2,1-6H3. The molecule has 0 N–H and O–H groups in total. The van der Waals surface area contributed by atoms with Gasteiger partial charge < -0.3 is 28.4 Å². The van der Waals surface area contributed by atoms with Crippen LogP contribution in [-0.4, -0.2) is 64.8 Å². The topological polar surface area (TPSA) is 64.6 Å². The summed E-state index contributed by atoms with van der Waals surface area (Å²) in [6.45, 7) is 13.9. The summed E-state index contributed by atoms with van der Waals surface area (Å²) >= 11 is 0.